The Morgan fingerprint density at radius 1 is 1.46 bits per heavy atom. The van der Waals surface area contributed by atoms with Crippen LogP contribution in [0.2, 0.25) is 12.1 Å². The van der Waals surface area contributed by atoms with Gasteiger partial charge in [0.25, 0.3) is 0 Å². The van der Waals surface area contributed by atoms with E-state index in [1.165, 1.54) is 6.04 Å². The van der Waals surface area contributed by atoms with Gasteiger partial charge in [-0.15, -0.1) is 0 Å². The Bertz CT molecular complexity index is 162. The zero-order valence-electron chi connectivity index (χ0n) is 8.03. The molecule has 0 radical (unpaired) electrons. The fourth-order valence-corrected chi connectivity index (χ4v) is 3.73. The maximum atomic E-state index is 9.77. The van der Waals surface area contributed by atoms with Gasteiger partial charge in [-0.25, -0.2) is 9.79 Å². The van der Waals surface area contributed by atoms with E-state index in [0.29, 0.717) is 6.54 Å². The topological polar surface area (TPSA) is 38.7 Å². The molecule has 0 aromatic carbocycles. The van der Waals surface area contributed by atoms with Crippen LogP contribution in [-0.4, -0.2) is 34.5 Å². The van der Waals surface area contributed by atoms with Crippen LogP contribution in [0.15, 0.2) is 4.99 Å². The molecule has 3 nitrogen and oxygen atoms in total. The highest BCUT2D eigenvalue weighted by atomic mass is 32.1. The van der Waals surface area contributed by atoms with Gasteiger partial charge in [0.1, 0.15) is 0 Å². The molecule has 0 aromatic rings. The molecule has 0 saturated carbocycles. The van der Waals surface area contributed by atoms with Gasteiger partial charge in [0.05, 0.1) is 6.54 Å². The summed E-state index contributed by atoms with van der Waals surface area (Å²) in [6, 6.07) is 2.26. The number of rotatable bonds is 8. The summed E-state index contributed by atoms with van der Waals surface area (Å²) < 4.78 is 5.40. The molecule has 0 aromatic heterocycles. The Labute approximate surface area is 86.7 Å². The van der Waals surface area contributed by atoms with Crippen molar-refractivity contribution in [3.8, 4) is 0 Å². The lowest BCUT2D eigenvalue weighted by molar-refractivity contribution is 0.415. The van der Waals surface area contributed by atoms with Gasteiger partial charge in [-0.3, -0.25) is 0 Å². The smallest absolute Gasteiger partial charge is 0.234 e. The van der Waals surface area contributed by atoms with E-state index in [2.05, 4.69) is 17.6 Å². The number of nitrogens with zero attached hydrogens (tertiary/aromatic N) is 1. The Balaban J connectivity index is 3.41. The van der Waals surface area contributed by atoms with E-state index >= 15 is 0 Å². The van der Waals surface area contributed by atoms with Crippen molar-refractivity contribution in [2.24, 2.45) is 4.99 Å². The van der Waals surface area contributed by atoms with E-state index in [4.69, 9.17) is 4.43 Å². The summed E-state index contributed by atoms with van der Waals surface area (Å²) in [7, 11) is 0.764. The van der Waals surface area contributed by atoms with E-state index in [9.17, 15) is 4.79 Å². The third kappa shape index (κ3) is 8.24. The van der Waals surface area contributed by atoms with Gasteiger partial charge < -0.3 is 4.43 Å². The van der Waals surface area contributed by atoms with E-state index in [-0.39, 0.29) is 0 Å². The first-order valence-corrected chi connectivity index (χ1v) is 7.26. The van der Waals surface area contributed by atoms with Gasteiger partial charge in [0, 0.05) is 7.11 Å². The minimum absolute atomic E-state index is 0.594. The molecule has 0 fully saturated rings. The summed E-state index contributed by atoms with van der Waals surface area (Å²) in [6.07, 6.45) is 3.62. The van der Waals surface area contributed by atoms with Crippen molar-refractivity contribution in [3.63, 3.8) is 0 Å². The van der Waals surface area contributed by atoms with Crippen LogP contribution in [0, 0.1) is 0 Å². The average molecular weight is 219 g/mol. The van der Waals surface area contributed by atoms with Crippen LogP contribution >= 0.6 is 12.6 Å². The van der Waals surface area contributed by atoms with E-state index in [1.807, 2.05) is 0 Å². The Kier molecular flexibility index (Phi) is 9.92. The van der Waals surface area contributed by atoms with Crippen LogP contribution in [0.1, 0.15) is 12.8 Å². The Morgan fingerprint density at radius 2 is 2.15 bits per heavy atom. The second-order valence-electron chi connectivity index (χ2n) is 2.84. The normalized spacial score (nSPS) is 12.2. The van der Waals surface area contributed by atoms with Crippen LogP contribution in [0.3, 0.4) is 0 Å². The molecule has 1 atom stereocenters. The lowest BCUT2D eigenvalue weighted by atomic mass is 10.5. The monoisotopic (exact) mass is 219 g/mol. The fourth-order valence-electron chi connectivity index (χ4n) is 1.14. The molecule has 13 heavy (non-hydrogen) atoms. The molecule has 0 spiro atoms. The number of aliphatic imine (C=N–C) groups is 1. The summed E-state index contributed by atoms with van der Waals surface area (Å²) in [5.41, 5.74) is 0. The van der Waals surface area contributed by atoms with Crippen LogP contribution in [0.4, 0.5) is 0 Å². The largest absolute Gasteiger partial charge is 0.423 e. The Morgan fingerprint density at radius 3 is 2.69 bits per heavy atom. The number of carbonyl (C=O) groups excluding carboxylic acids is 1. The molecule has 0 bridgehead atoms. The Hall–Kier alpha value is -0.0931. The van der Waals surface area contributed by atoms with Crippen LogP contribution < -0.4 is 0 Å². The molecule has 0 aliphatic carbocycles. The highest BCUT2D eigenvalue weighted by molar-refractivity contribution is 7.80. The minimum Gasteiger partial charge on any atom is -0.423 e. The average Bonchev–Trinajstić information content (AvgIpc) is 2.17. The molecule has 0 N–H and O–H groups in total. The zero-order valence-corrected chi connectivity index (χ0v) is 10.1. The number of thiol groups is 1. The lowest BCUT2D eigenvalue weighted by Crippen LogP contribution is -2.15. The molecule has 0 heterocycles. The zero-order chi connectivity index (χ0) is 9.94. The molecule has 0 aliphatic rings. The molecule has 0 aliphatic heterocycles. The summed E-state index contributed by atoms with van der Waals surface area (Å²) in [5, 5.41) is 0. The van der Waals surface area contributed by atoms with Gasteiger partial charge in [-0.1, -0.05) is 0 Å². The van der Waals surface area contributed by atoms with Crippen molar-refractivity contribution < 1.29 is 9.22 Å². The van der Waals surface area contributed by atoms with Crippen LogP contribution in [0.5, 0.6) is 0 Å². The van der Waals surface area contributed by atoms with Crippen molar-refractivity contribution in [2.45, 2.75) is 24.9 Å². The second-order valence-corrected chi connectivity index (χ2v) is 6.16. The van der Waals surface area contributed by atoms with Gasteiger partial charge >= 0.3 is 0 Å². The first-order chi connectivity index (χ1) is 6.35. The third-order valence-electron chi connectivity index (χ3n) is 1.88. The third-order valence-corrected chi connectivity index (χ3v) is 4.97. The quantitative estimate of drug-likeness (QED) is 0.220. The predicted octanol–water partition coefficient (Wildman–Crippen LogP) is 1.40. The van der Waals surface area contributed by atoms with Crippen LogP contribution in [-0.2, 0) is 9.22 Å². The molecule has 0 saturated heterocycles. The molecular formula is C8H17NO2SSi. The molecule has 1 unspecified atom stereocenters. The van der Waals surface area contributed by atoms with Gasteiger partial charge in [0.15, 0.2) is 9.04 Å². The highest BCUT2D eigenvalue weighted by Crippen LogP contribution is 2.07. The summed E-state index contributed by atoms with van der Waals surface area (Å²) in [5.74, 6) is 0.930. The maximum absolute atomic E-state index is 9.77. The van der Waals surface area contributed by atoms with Crippen LogP contribution in [0.25, 0.3) is 0 Å². The van der Waals surface area contributed by atoms with Gasteiger partial charge in [-0.05, 0) is 30.7 Å². The summed E-state index contributed by atoms with van der Waals surface area (Å²) in [4.78, 5) is 13.3. The van der Waals surface area contributed by atoms with Gasteiger partial charge in [-0.2, -0.15) is 12.6 Å². The van der Waals surface area contributed by atoms with E-state index < -0.39 is 9.04 Å². The van der Waals surface area contributed by atoms with Crippen molar-refractivity contribution in [2.75, 3.05) is 19.4 Å². The first kappa shape index (κ1) is 12.9. The van der Waals surface area contributed by atoms with Crippen molar-refractivity contribution in [3.05, 3.63) is 0 Å². The predicted molar refractivity (Wildman–Crippen MR) is 59.8 cm³/mol. The second kappa shape index (κ2) is 9.99. The number of hydrogen-bond donors (Lipinski definition) is 1. The molecular weight excluding hydrogens is 202 g/mol. The first-order valence-electron chi connectivity index (χ1n) is 4.52. The summed E-state index contributed by atoms with van der Waals surface area (Å²) >= 11 is 4.16. The molecule has 0 rings (SSSR count). The minimum atomic E-state index is -1.01. The standard InChI is InChI=1S/C8H17NO2SSi/c1-11-13(7-3-5-12)6-2-4-9-8-10/h12-13H,2-7H2,1H3. The van der Waals surface area contributed by atoms with Crippen molar-refractivity contribution in [1.29, 1.82) is 0 Å². The fraction of sp³-hybridized carbons (Fsp3) is 0.875. The van der Waals surface area contributed by atoms with Crippen molar-refractivity contribution >= 4 is 27.7 Å². The summed E-state index contributed by atoms with van der Waals surface area (Å²) in [6.45, 7) is 0.594. The number of isocyanates is 1. The van der Waals surface area contributed by atoms with Crippen molar-refractivity contribution in [1.82, 2.24) is 0 Å². The molecule has 5 heteroatoms. The number of hydrogen-bond acceptors (Lipinski definition) is 4. The maximum Gasteiger partial charge on any atom is 0.234 e. The lowest BCUT2D eigenvalue weighted by Gasteiger charge is -2.11. The SMILES string of the molecule is CO[SiH](CCCS)CCCN=C=O. The highest BCUT2D eigenvalue weighted by Gasteiger charge is 2.08. The van der Waals surface area contributed by atoms with E-state index in [0.717, 1.165) is 24.6 Å². The molecule has 0 amide bonds. The molecule has 76 valence electrons. The van der Waals surface area contributed by atoms with Gasteiger partial charge in [0.2, 0.25) is 6.08 Å². The van der Waals surface area contributed by atoms with E-state index in [1.54, 1.807) is 13.2 Å².